The van der Waals surface area contributed by atoms with Crippen LogP contribution in [0.3, 0.4) is 0 Å². The third kappa shape index (κ3) is 1.26. The zero-order chi connectivity index (χ0) is 11.2. The highest BCUT2D eigenvalue weighted by Gasteiger charge is 2.15. The quantitative estimate of drug-likeness (QED) is 0.660. The molecule has 4 nitrogen and oxygen atoms in total. The molecule has 17 heavy (non-hydrogen) atoms. The maximum Gasteiger partial charge on any atom is 0.231 e. The summed E-state index contributed by atoms with van der Waals surface area (Å²) in [4.78, 5) is 5.26. The molecule has 1 aliphatic rings. The molecule has 1 aromatic carbocycles. The summed E-state index contributed by atoms with van der Waals surface area (Å²) in [7, 11) is 0. The highest BCUT2D eigenvalue weighted by Crippen LogP contribution is 2.36. The van der Waals surface area contributed by atoms with E-state index in [4.69, 9.17) is 9.47 Å². The van der Waals surface area contributed by atoms with Crippen molar-refractivity contribution in [2.24, 2.45) is 0 Å². The van der Waals surface area contributed by atoms with Gasteiger partial charge < -0.3 is 9.47 Å². The minimum Gasteiger partial charge on any atom is -0.454 e. The molecule has 0 spiro atoms. The second-order valence-electron chi connectivity index (χ2n) is 3.77. The lowest BCUT2D eigenvalue weighted by atomic mass is 10.1. The first-order valence-electron chi connectivity index (χ1n) is 5.22. The van der Waals surface area contributed by atoms with Gasteiger partial charge in [-0.1, -0.05) is 0 Å². The summed E-state index contributed by atoms with van der Waals surface area (Å²) in [5, 5.41) is 2.10. The van der Waals surface area contributed by atoms with Crippen LogP contribution < -0.4 is 9.47 Å². The van der Waals surface area contributed by atoms with E-state index in [1.54, 1.807) is 11.3 Å². The number of ether oxygens (including phenoxy) is 2. The van der Waals surface area contributed by atoms with Gasteiger partial charge >= 0.3 is 0 Å². The standard InChI is InChI=1S/C12H8N2O2S/c1-2-10-11(16-7-15-10)5-8(1)9-6-17-12-13-3-4-14(9)12/h1-6H,7H2. The van der Waals surface area contributed by atoms with E-state index in [2.05, 4.69) is 14.8 Å². The molecule has 0 atom stereocenters. The van der Waals surface area contributed by atoms with Gasteiger partial charge in [0.15, 0.2) is 16.5 Å². The number of fused-ring (bicyclic) bond motifs is 2. The number of thiazole rings is 1. The number of hydrogen-bond donors (Lipinski definition) is 0. The first-order chi connectivity index (χ1) is 8.42. The van der Waals surface area contributed by atoms with Crippen LogP contribution in [0.1, 0.15) is 0 Å². The van der Waals surface area contributed by atoms with Crippen LogP contribution in [0.4, 0.5) is 0 Å². The Morgan fingerprint density at radius 3 is 3.18 bits per heavy atom. The van der Waals surface area contributed by atoms with E-state index in [0.717, 1.165) is 27.7 Å². The molecule has 3 aromatic rings. The lowest BCUT2D eigenvalue weighted by Gasteiger charge is -2.01. The molecule has 0 saturated heterocycles. The van der Waals surface area contributed by atoms with E-state index in [1.165, 1.54) is 0 Å². The van der Waals surface area contributed by atoms with Gasteiger partial charge in [0, 0.05) is 23.3 Å². The Kier molecular flexibility index (Phi) is 1.73. The second-order valence-corrected chi connectivity index (χ2v) is 4.61. The number of nitrogens with zero attached hydrogens (tertiary/aromatic N) is 2. The fourth-order valence-electron chi connectivity index (χ4n) is 1.99. The van der Waals surface area contributed by atoms with E-state index in [-0.39, 0.29) is 0 Å². The molecule has 5 heteroatoms. The molecule has 0 unspecified atom stereocenters. The fraction of sp³-hybridized carbons (Fsp3) is 0.0833. The van der Waals surface area contributed by atoms with Crippen LogP contribution in [-0.4, -0.2) is 16.2 Å². The average molecular weight is 244 g/mol. The highest BCUT2D eigenvalue weighted by molar-refractivity contribution is 7.15. The van der Waals surface area contributed by atoms with Gasteiger partial charge in [-0.05, 0) is 18.2 Å². The topological polar surface area (TPSA) is 35.8 Å². The van der Waals surface area contributed by atoms with Crippen LogP contribution in [0.15, 0.2) is 36.0 Å². The molecule has 0 N–H and O–H groups in total. The Morgan fingerprint density at radius 2 is 2.18 bits per heavy atom. The minimum absolute atomic E-state index is 0.308. The van der Waals surface area contributed by atoms with E-state index >= 15 is 0 Å². The normalized spacial score (nSPS) is 13.4. The summed E-state index contributed by atoms with van der Waals surface area (Å²) in [6, 6.07) is 5.98. The van der Waals surface area contributed by atoms with E-state index in [9.17, 15) is 0 Å². The van der Waals surface area contributed by atoms with Crippen LogP contribution in [-0.2, 0) is 0 Å². The number of imidazole rings is 1. The zero-order valence-corrected chi connectivity index (χ0v) is 9.61. The zero-order valence-electron chi connectivity index (χ0n) is 8.79. The summed E-state index contributed by atoms with van der Waals surface area (Å²) < 4.78 is 12.8. The fourth-order valence-corrected chi connectivity index (χ4v) is 2.85. The number of benzene rings is 1. The third-order valence-electron chi connectivity index (χ3n) is 2.81. The van der Waals surface area contributed by atoms with Gasteiger partial charge in [0.2, 0.25) is 6.79 Å². The van der Waals surface area contributed by atoms with Crippen molar-refractivity contribution in [2.75, 3.05) is 6.79 Å². The first kappa shape index (κ1) is 9.07. The predicted octanol–water partition coefficient (Wildman–Crippen LogP) is 2.79. The molecule has 2 aromatic heterocycles. The van der Waals surface area contributed by atoms with Gasteiger partial charge in [0.05, 0.1) is 5.69 Å². The second kappa shape index (κ2) is 3.24. The Bertz CT molecular complexity index is 701. The van der Waals surface area contributed by atoms with Crippen molar-refractivity contribution < 1.29 is 9.47 Å². The van der Waals surface area contributed by atoms with Crippen molar-refractivity contribution in [3.05, 3.63) is 36.0 Å². The molecule has 0 amide bonds. The van der Waals surface area contributed by atoms with Gasteiger partial charge in [-0.2, -0.15) is 0 Å². The van der Waals surface area contributed by atoms with Crippen molar-refractivity contribution in [1.29, 1.82) is 0 Å². The van der Waals surface area contributed by atoms with Crippen molar-refractivity contribution in [1.82, 2.24) is 9.38 Å². The lowest BCUT2D eigenvalue weighted by molar-refractivity contribution is 0.174. The number of rotatable bonds is 1. The molecule has 0 saturated carbocycles. The number of hydrogen-bond acceptors (Lipinski definition) is 4. The summed E-state index contributed by atoms with van der Waals surface area (Å²) in [6.45, 7) is 0.308. The predicted molar refractivity (Wildman–Crippen MR) is 64.6 cm³/mol. The molecule has 3 heterocycles. The Morgan fingerprint density at radius 1 is 1.24 bits per heavy atom. The number of aromatic nitrogens is 2. The van der Waals surface area contributed by atoms with Crippen LogP contribution in [0, 0.1) is 0 Å². The van der Waals surface area contributed by atoms with Crippen LogP contribution >= 0.6 is 11.3 Å². The lowest BCUT2D eigenvalue weighted by Crippen LogP contribution is -1.92. The molecule has 84 valence electrons. The van der Waals surface area contributed by atoms with E-state index in [1.807, 2.05) is 30.6 Å². The molecule has 0 aliphatic carbocycles. The van der Waals surface area contributed by atoms with Crippen LogP contribution in [0.25, 0.3) is 16.2 Å². The molecule has 1 aliphatic heterocycles. The van der Waals surface area contributed by atoms with Crippen LogP contribution in [0.5, 0.6) is 11.5 Å². The third-order valence-corrected chi connectivity index (χ3v) is 3.66. The molecule has 0 radical (unpaired) electrons. The van der Waals surface area contributed by atoms with Crippen molar-refractivity contribution in [3.8, 4) is 22.8 Å². The SMILES string of the molecule is c1cn2c(-c3ccc4c(c3)OCO4)csc2n1. The van der Waals surface area contributed by atoms with Crippen LogP contribution in [0.2, 0.25) is 0 Å². The molecule has 0 bridgehead atoms. The largest absolute Gasteiger partial charge is 0.454 e. The summed E-state index contributed by atoms with van der Waals surface area (Å²) >= 11 is 1.63. The summed E-state index contributed by atoms with van der Waals surface area (Å²) in [5.74, 6) is 1.62. The Hall–Kier alpha value is -2.01. The maximum absolute atomic E-state index is 5.39. The monoisotopic (exact) mass is 244 g/mol. The minimum atomic E-state index is 0.308. The smallest absolute Gasteiger partial charge is 0.231 e. The molecular weight excluding hydrogens is 236 g/mol. The average Bonchev–Trinajstić information content (AvgIpc) is 3.03. The molecule has 4 rings (SSSR count). The van der Waals surface area contributed by atoms with Crippen molar-refractivity contribution in [2.45, 2.75) is 0 Å². The van der Waals surface area contributed by atoms with Gasteiger partial charge in [0.25, 0.3) is 0 Å². The Labute approximate surface area is 101 Å². The molecule has 0 fully saturated rings. The van der Waals surface area contributed by atoms with E-state index < -0.39 is 0 Å². The summed E-state index contributed by atoms with van der Waals surface area (Å²) in [5.41, 5.74) is 2.24. The highest BCUT2D eigenvalue weighted by atomic mass is 32.1. The Balaban J connectivity index is 1.92. The van der Waals surface area contributed by atoms with E-state index in [0.29, 0.717) is 6.79 Å². The van der Waals surface area contributed by atoms with Crippen molar-refractivity contribution >= 4 is 16.3 Å². The molecular formula is C12H8N2O2S. The first-order valence-corrected chi connectivity index (χ1v) is 6.10. The van der Waals surface area contributed by atoms with Crippen molar-refractivity contribution in [3.63, 3.8) is 0 Å². The van der Waals surface area contributed by atoms with Gasteiger partial charge in [0.1, 0.15) is 0 Å². The van der Waals surface area contributed by atoms with Gasteiger partial charge in [-0.15, -0.1) is 11.3 Å². The summed E-state index contributed by atoms with van der Waals surface area (Å²) in [6.07, 6.45) is 3.77. The van der Waals surface area contributed by atoms with Gasteiger partial charge in [-0.3, -0.25) is 4.40 Å². The van der Waals surface area contributed by atoms with Gasteiger partial charge in [-0.25, -0.2) is 4.98 Å². The maximum atomic E-state index is 5.39.